The van der Waals surface area contributed by atoms with E-state index in [1.807, 2.05) is 53.3 Å². The predicted molar refractivity (Wildman–Crippen MR) is 138 cm³/mol. The van der Waals surface area contributed by atoms with E-state index in [9.17, 15) is 28.2 Å². The molecule has 0 aliphatic heterocycles. The number of rotatable bonds is 11. The molecule has 1 aliphatic rings. The molecule has 0 heterocycles. The van der Waals surface area contributed by atoms with Crippen LogP contribution in [0.2, 0.25) is 0 Å². The van der Waals surface area contributed by atoms with Crippen molar-refractivity contribution in [3.8, 4) is 11.1 Å². The highest BCUT2D eigenvalue weighted by atomic mass is 32.2. The zero-order valence-electron chi connectivity index (χ0n) is 20.3. The molecule has 2 atom stereocenters. The molecule has 2 unspecified atom stereocenters. The minimum Gasteiger partial charge on any atom is -0.480 e. The summed E-state index contributed by atoms with van der Waals surface area (Å²) in [6, 6.07) is 21.0. The van der Waals surface area contributed by atoms with Crippen LogP contribution in [0.1, 0.15) is 35.1 Å². The van der Waals surface area contributed by atoms with Crippen LogP contribution in [0.4, 0.5) is 4.79 Å². The minimum atomic E-state index is -4.02. The lowest BCUT2D eigenvalue weighted by Gasteiger charge is -2.19. The molecule has 0 aromatic heterocycles. The molecule has 0 saturated heterocycles. The van der Waals surface area contributed by atoms with Gasteiger partial charge in [0.25, 0.3) is 0 Å². The number of benzene rings is 3. The Hall–Kier alpha value is -3.77. The van der Waals surface area contributed by atoms with Gasteiger partial charge in [-0.15, -0.1) is 0 Å². The highest BCUT2D eigenvalue weighted by Crippen LogP contribution is 2.44. The molecule has 10 nitrogen and oxygen atoms in total. The van der Waals surface area contributed by atoms with Crippen LogP contribution < -0.4 is 10.0 Å². The number of carboxylic acids is 1. The number of ether oxygens (including phenoxy) is 1. The number of nitrogens with one attached hydrogen (secondary N) is 2. The average molecular weight is 541 g/mol. The van der Waals surface area contributed by atoms with E-state index in [-0.39, 0.29) is 35.9 Å². The first-order valence-corrected chi connectivity index (χ1v) is 13.4. The number of aliphatic carboxylic acids is 1. The SMILES string of the molecule is O=C(O)CNS(=O)(=O)c1ccc(C(O)C(O)CCNC(=O)OCC2c3ccccc3-c3ccccc32)cc1. The molecule has 0 saturated carbocycles. The first-order chi connectivity index (χ1) is 18.2. The van der Waals surface area contributed by atoms with E-state index >= 15 is 0 Å². The van der Waals surface area contributed by atoms with Gasteiger partial charge in [-0.1, -0.05) is 60.7 Å². The van der Waals surface area contributed by atoms with Crippen LogP contribution in [-0.2, 0) is 19.6 Å². The third-order valence-electron chi connectivity index (χ3n) is 6.36. The summed E-state index contributed by atoms with van der Waals surface area (Å²) in [5, 5.41) is 32.0. The Bertz CT molecular complexity index is 1360. The van der Waals surface area contributed by atoms with E-state index in [2.05, 4.69) is 5.32 Å². The summed E-state index contributed by atoms with van der Waals surface area (Å²) < 4.78 is 31.5. The van der Waals surface area contributed by atoms with Crippen LogP contribution in [0.3, 0.4) is 0 Å². The first-order valence-electron chi connectivity index (χ1n) is 11.9. The number of carbonyl (C=O) groups excluding carboxylic acids is 1. The van der Waals surface area contributed by atoms with Gasteiger partial charge in [-0.05, 0) is 46.4 Å². The quantitative estimate of drug-likeness (QED) is 0.248. The monoisotopic (exact) mass is 540 g/mol. The molecule has 0 fully saturated rings. The van der Waals surface area contributed by atoms with E-state index in [1.165, 1.54) is 24.3 Å². The Morgan fingerprint density at radius 2 is 1.47 bits per heavy atom. The van der Waals surface area contributed by atoms with Crippen molar-refractivity contribution in [3.05, 3.63) is 89.5 Å². The second-order valence-corrected chi connectivity index (χ2v) is 10.6. The van der Waals surface area contributed by atoms with Crippen molar-refractivity contribution in [1.82, 2.24) is 10.0 Å². The van der Waals surface area contributed by atoms with Crippen molar-refractivity contribution in [2.45, 2.75) is 29.4 Å². The molecule has 3 aromatic rings. The maximum Gasteiger partial charge on any atom is 0.407 e. The lowest BCUT2D eigenvalue weighted by Crippen LogP contribution is -2.31. The number of amides is 1. The lowest BCUT2D eigenvalue weighted by molar-refractivity contribution is -0.135. The van der Waals surface area contributed by atoms with Gasteiger partial charge in [0.2, 0.25) is 10.0 Å². The summed E-state index contributed by atoms with van der Waals surface area (Å²) in [6.45, 7) is -0.565. The number of hydrogen-bond donors (Lipinski definition) is 5. The topological polar surface area (TPSA) is 162 Å². The van der Waals surface area contributed by atoms with Gasteiger partial charge in [-0.25, -0.2) is 13.2 Å². The van der Waals surface area contributed by atoms with Gasteiger partial charge in [0, 0.05) is 12.5 Å². The van der Waals surface area contributed by atoms with Gasteiger partial charge in [-0.3, -0.25) is 4.79 Å². The van der Waals surface area contributed by atoms with Gasteiger partial charge in [-0.2, -0.15) is 4.72 Å². The Morgan fingerprint density at radius 3 is 2.05 bits per heavy atom. The number of alkyl carbamates (subject to hydrolysis) is 1. The minimum absolute atomic E-state index is 0.0194. The molecule has 38 heavy (non-hydrogen) atoms. The highest BCUT2D eigenvalue weighted by Gasteiger charge is 2.29. The fourth-order valence-corrected chi connectivity index (χ4v) is 5.41. The van der Waals surface area contributed by atoms with Gasteiger partial charge in [0.15, 0.2) is 0 Å². The van der Waals surface area contributed by atoms with Crippen molar-refractivity contribution in [2.75, 3.05) is 19.7 Å². The highest BCUT2D eigenvalue weighted by molar-refractivity contribution is 7.89. The summed E-state index contributed by atoms with van der Waals surface area (Å²) in [4.78, 5) is 22.7. The number of aliphatic hydroxyl groups excluding tert-OH is 2. The molecule has 0 radical (unpaired) electrons. The number of fused-ring (bicyclic) bond motifs is 3. The van der Waals surface area contributed by atoms with Crippen LogP contribution in [0.5, 0.6) is 0 Å². The molecule has 0 bridgehead atoms. The molecule has 200 valence electrons. The summed E-state index contributed by atoms with van der Waals surface area (Å²) in [5.41, 5.74) is 4.69. The van der Waals surface area contributed by atoms with E-state index in [0.29, 0.717) is 0 Å². The average Bonchev–Trinajstić information content (AvgIpc) is 3.24. The maximum atomic E-state index is 12.3. The number of carbonyl (C=O) groups is 2. The first kappa shape index (κ1) is 27.3. The molecule has 1 amide bonds. The third kappa shape index (κ3) is 6.20. The number of sulfonamides is 1. The molecular formula is C27H28N2O8S. The summed E-state index contributed by atoms with van der Waals surface area (Å²) >= 11 is 0. The number of carboxylic acid groups (broad SMARTS) is 1. The van der Waals surface area contributed by atoms with Crippen molar-refractivity contribution in [2.24, 2.45) is 0 Å². The van der Waals surface area contributed by atoms with E-state index in [4.69, 9.17) is 9.84 Å². The zero-order valence-corrected chi connectivity index (χ0v) is 21.1. The fraction of sp³-hybridized carbons (Fsp3) is 0.259. The largest absolute Gasteiger partial charge is 0.480 e. The van der Waals surface area contributed by atoms with Crippen LogP contribution in [0, 0.1) is 0 Å². The van der Waals surface area contributed by atoms with Gasteiger partial charge in [0.1, 0.15) is 19.3 Å². The van der Waals surface area contributed by atoms with Crippen LogP contribution in [0.25, 0.3) is 11.1 Å². The summed E-state index contributed by atoms with van der Waals surface area (Å²) in [5.74, 6) is -1.40. The van der Waals surface area contributed by atoms with Crippen molar-refractivity contribution in [3.63, 3.8) is 0 Å². The van der Waals surface area contributed by atoms with Crippen LogP contribution in [0.15, 0.2) is 77.7 Å². The zero-order chi connectivity index (χ0) is 27.3. The van der Waals surface area contributed by atoms with Gasteiger partial charge >= 0.3 is 12.1 Å². The van der Waals surface area contributed by atoms with E-state index in [1.54, 1.807) is 0 Å². The normalized spacial score (nSPS) is 14.3. The van der Waals surface area contributed by atoms with E-state index in [0.717, 1.165) is 22.3 Å². The summed E-state index contributed by atoms with van der Waals surface area (Å²) in [6.07, 6.45) is -3.19. The number of aliphatic hydroxyl groups is 2. The summed E-state index contributed by atoms with van der Waals surface area (Å²) in [7, 11) is -4.02. The van der Waals surface area contributed by atoms with Gasteiger partial charge in [0.05, 0.1) is 11.0 Å². The van der Waals surface area contributed by atoms with E-state index < -0.39 is 40.8 Å². The molecule has 11 heteroatoms. The lowest BCUT2D eigenvalue weighted by atomic mass is 9.98. The smallest absolute Gasteiger partial charge is 0.407 e. The van der Waals surface area contributed by atoms with Crippen molar-refractivity contribution in [1.29, 1.82) is 0 Å². The second kappa shape index (κ2) is 11.7. The molecule has 0 spiro atoms. The molecule has 1 aliphatic carbocycles. The van der Waals surface area contributed by atoms with Crippen molar-refractivity contribution < 1.29 is 38.1 Å². The third-order valence-corrected chi connectivity index (χ3v) is 7.78. The Morgan fingerprint density at radius 1 is 0.895 bits per heavy atom. The van der Waals surface area contributed by atoms with Crippen LogP contribution >= 0.6 is 0 Å². The Balaban J connectivity index is 1.25. The standard InChI is InChI=1S/C27H28N2O8S/c30-24(26(33)17-9-11-18(12-10-17)38(35,36)29-15-25(31)32)13-14-28-27(34)37-16-23-21-7-3-1-5-19(21)20-6-2-4-8-22(20)23/h1-12,23-24,26,29-30,33H,13-16H2,(H,28,34)(H,31,32). The Labute approximate surface area is 220 Å². The second-order valence-electron chi connectivity index (χ2n) is 8.84. The molecule has 4 rings (SSSR count). The molecule has 3 aromatic carbocycles. The Kier molecular flexibility index (Phi) is 8.42. The molecular weight excluding hydrogens is 512 g/mol. The predicted octanol–water partition coefficient (Wildman–Crippen LogP) is 2.37. The maximum absolute atomic E-state index is 12.3. The number of hydrogen-bond acceptors (Lipinski definition) is 7. The van der Waals surface area contributed by atoms with Crippen LogP contribution in [-0.4, -0.2) is 61.6 Å². The van der Waals surface area contributed by atoms with Gasteiger partial charge < -0.3 is 25.4 Å². The fourth-order valence-electron chi connectivity index (χ4n) is 4.44. The molecule has 5 N–H and O–H groups in total. The van der Waals surface area contributed by atoms with Crippen molar-refractivity contribution >= 4 is 22.1 Å².